The Morgan fingerprint density at radius 3 is 2.53 bits per heavy atom. The summed E-state index contributed by atoms with van der Waals surface area (Å²) >= 11 is 0. The van der Waals surface area contributed by atoms with Crippen LogP contribution in [-0.4, -0.2) is 18.2 Å². The fourth-order valence-corrected chi connectivity index (χ4v) is 1.58. The van der Waals surface area contributed by atoms with Crippen LogP contribution in [0.1, 0.15) is 5.56 Å². The molecule has 1 aromatic carbocycles. The molecule has 0 fully saturated rings. The molecule has 0 aliphatic carbocycles. The Morgan fingerprint density at radius 2 is 1.94 bits per heavy atom. The van der Waals surface area contributed by atoms with E-state index in [4.69, 9.17) is 10.5 Å². The Labute approximate surface area is 94.7 Å². The van der Waals surface area contributed by atoms with E-state index >= 15 is 0 Å². The zero-order valence-corrected chi connectivity index (χ0v) is 8.49. The quantitative estimate of drug-likeness (QED) is 0.818. The Kier molecular flexibility index (Phi) is 2.57. The van der Waals surface area contributed by atoms with E-state index in [1.54, 1.807) is 6.07 Å². The summed E-state index contributed by atoms with van der Waals surface area (Å²) in [5, 5.41) is 0. The van der Waals surface area contributed by atoms with Gasteiger partial charge in [0, 0.05) is 5.56 Å². The van der Waals surface area contributed by atoms with Crippen molar-refractivity contribution in [1.82, 2.24) is 0 Å². The number of carbonyl (C=O) groups excluding carboxylic acids is 1. The number of hydrogen-bond acceptors (Lipinski definition) is 2. The molecule has 0 radical (unpaired) electrons. The molecule has 1 heterocycles. The second-order valence-corrected chi connectivity index (χ2v) is 3.52. The number of primary amides is 1. The third-order valence-electron chi connectivity index (χ3n) is 2.34. The van der Waals surface area contributed by atoms with Gasteiger partial charge in [-0.2, -0.15) is 13.2 Å². The highest BCUT2D eigenvalue weighted by molar-refractivity contribution is 6.19. The summed E-state index contributed by atoms with van der Waals surface area (Å²) in [5.74, 6) is -0.902. The van der Waals surface area contributed by atoms with Crippen LogP contribution < -0.4 is 10.5 Å². The number of fused-ring (bicyclic) bond motifs is 1. The molecule has 1 aliphatic heterocycles. The second kappa shape index (κ2) is 3.80. The lowest BCUT2D eigenvalue weighted by molar-refractivity contribution is -0.180. The molecule has 90 valence electrons. The Balaban J connectivity index is 2.51. The lowest BCUT2D eigenvalue weighted by atomic mass is 9.99. The number of carbonyl (C=O) groups is 1. The van der Waals surface area contributed by atoms with Crippen LogP contribution in [0.5, 0.6) is 5.75 Å². The first-order valence-electron chi connectivity index (χ1n) is 4.74. The van der Waals surface area contributed by atoms with Crippen LogP contribution in [0.4, 0.5) is 13.2 Å². The van der Waals surface area contributed by atoms with Crippen LogP contribution >= 0.6 is 0 Å². The summed E-state index contributed by atoms with van der Waals surface area (Å²) in [6, 6.07) is 5.96. The number of amides is 1. The SMILES string of the molecule is NC(=O)C1=CC(C(F)(F)F)Oc2ccccc21. The zero-order valence-electron chi connectivity index (χ0n) is 8.49. The van der Waals surface area contributed by atoms with Gasteiger partial charge in [0.15, 0.2) is 0 Å². The third-order valence-corrected chi connectivity index (χ3v) is 2.34. The minimum Gasteiger partial charge on any atom is -0.476 e. The van der Waals surface area contributed by atoms with Crippen molar-refractivity contribution in [3.8, 4) is 5.75 Å². The van der Waals surface area contributed by atoms with Crippen molar-refractivity contribution >= 4 is 11.5 Å². The first-order valence-corrected chi connectivity index (χ1v) is 4.74. The van der Waals surface area contributed by atoms with Gasteiger partial charge in [0.2, 0.25) is 12.0 Å². The van der Waals surface area contributed by atoms with E-state index in [9.17, 15) is 18.0 Å². The number of hydrogen-bond donors (Lipinski definition) is 1. The molecule has 2 rings (SSSR count). The molecule has 0 aromatic heterocycles. The molecule has 1 atom stereocenters. The van der Waals surface area contributed by atoms with Crippen molar-refractivity contribution in [2.24, 2.45) is 5.73 Å². The number of benzene rings is 1. The molecule has 0 saturated heterocycles. The topological polar surface area (TPSA) is 52.3 Å². The van der Waals surface area contributed by atoms with Crippen LogP contribution in [0.2, 0.25) is 0 Å². The Bertz CT molecular complexity index is 494. The zero-order chi connectivity index (χ0) is 12.6. The van der Waals surface area contributed by atoms with E-state index in [0.717, 1.165) is 0 Å². The van der Waals surface area contributed by atoms with Crippen molar-refractivity contribution in [2.75, 3.05) is 0 Å². The highest BCUT2D eigenvalue weighted by Crippen LogP contribution is 2.36. The van der Waals surface area contributed by atoms with Crippen LogP contribution in [0.25, 0.3) is 5.57 Å². The molecular formula is C11H8F3NO2. The van der Waals surface area contributed by atoms with E-state index in [1.807, 2.05) is 0 Å². The van der Waals surface area contributed by atoms with Crippen molar-refractivity contribution in [2.45, 2.75) is 12.3 Å². The summed E-state index contributed by atoms with van der Waals surface area (Å²) in [5.41, 5.74) is 5.16. The maximum atomic E-state index is 12.6. The highest BCUT2D eigenvalue weighted by Gasteiger charge is 2.43. The van der Waals surface area contributed by atoms with Crippen LogP contribution in [0.15, 0.2) is 30.3 Å². The Morgan fingerprint density at radius 1 is 1.29 bits per heavy atom. The molecule has 0 bridgehead atoms. The maximum absolute atomic E-state index is 12.6. The molecule has 1 aliphatic rings. The summed E-state index contributed by atoms with van der Waals surface area (Å²) in [6.07, 6.45) is -6.02. The molecule has 6 heteroatoms. The molecule has 1 amide bonds. The predicted octanol–water partition coefficient (Wildman–Crippen LogP) is 1.88. The van der Waals surface area contributed by atoms with Gasteiger partial charge in [-0.05, 0) is 12.1 Å². The molecule has 1 aromatic rings. The molecule has 1 unspecified atom stereocenters. The van der Waals surface area contributed by atoms with Gasteiger partial charge < -0.3 is 10.5 Å². The average Bonchev–Trinajstić information content (AvgIpc) is 2.26. The molecular weight excluding hydrogens is 235 g/mol. The molecule has 2 N–H and O–H groups in total. The summed E-state index contributed by atoms with van der Waals surface area (Å²) in [6.45, 7) is 0. The predicted molar refractivity (Wildman–Crippen MR) is 54.1 cm³/mol. The summed E-state index contributed by atoms with van der Waals surface area (Å²) < 4.78 is 42.4. The number of alkyl halides is 3. The largest absolute Gasteiger partial charge is 0.476 e. The number of para-hydroxylation sites is 1. The van der Waals surface area contributed by atoms with Gasteiger partial charge in [0.05, 0.1) is 5.57 Å². The van der Waals surface area contributed by atoms with Crippen LogP contribution in [0, 0.1) is 0 Å². The van der Waals surface area contributed by atoms with E-state index in [2.05, 4.69) is 0 Å². The number of nitrogens with two attached hydrogens (primary N) is 1. The number of rotatable bonds is 1. The van der Waals surface area contributed by atoms with Gasteiger partial charge in [-0.1, -0.05) is 18.2 Å². The van der Waals surface area contributed by atoms with Gasteiger partial charge in [-0.25, -0.2) is 0 Å². The monoisotopic (exact) mass is 243 g/mol. The van der Waals surface area contributed by atoms with Gasteiger partial charge in [-0.15, -0.1) is 0 Å². The van der Waals surface area contributed by atoms with Gasteiger partial charge in [0.25, 0.3) is 0 Å². The first kappa shape index (κ1) is 11.5. The van der Waals surface area contributed by atoms with Crippen molar-refractivity contribution in [1.29, 1.82) is 0 Å². The number of halogens is 3. The van der Waals surface area contributed by atoms with E-state index in [-0.39, 0.29) is 16.9 Å². The maximum Gasteiger partial charge on any atom is 0.429 e. The lowest BCUT2D eigenvalue weighted by Crippen LogP contribution is -2.36. The van der Waals surface area contributed by atoms with Crippen molar-refractivity contribution in [3.05, 3.63) is 35.9 Å². The van der Waals surface area contributed by atoms with E-state index in [1.165, 1.54) is 18.2 Å². The van der Waals surface area contributed by atoms with Gasteiger partial charge in [0.1, 0.15) is 5.75 Å². The third kappa shape index (κ3) is 2.11. The molecule has 3 nitrogen and oxygen atoms in total. The second-order valence-electron chi connectivity index (χ2n) is 3.52. The first-order chi connectivity index (χ1) is 7.89. The van der Waals surface area contributed by atoms with Crippen LogP contribution in [0.3, 0.4) is 0 Å². The van der Waals surface area contributed by atoms with Crippen molar-refractivity contribution < 1.29 is 22.7 Å². The van der Waals surface area contributed by atoms with Crippen molar-refractivity contribution in [3.63, 3.8) is 0 Å². The minimum atomic E-state index is -4.58. The van der Waals surface area contributed by atoms with Gasteiger partial charge >= 0.3 is 6.18 Å². The van der Waals surface area contributed by atoms with Gasteiger partial charge in [-0.3, -0.25) is 4.79 Å². The molecule has 0 saturated carbocycles. The lowest BCUT2D eigenvalue weighted by Gasteiger charge is -2.25. The fourth-order valence-electron chi connectivity index (χ4n) is 1.58. The Hall–Kier alpha value is -1.98. The minimum absolute atomic E-state index is 0.00567. The molecule has 0 spiro atoms. The number of ether oxygens (including phenoxy) is 1. The normalized spacial score (nSPS) is 19.0. The fraction of sp³-hybridized carbons (Fsp3) is 0.182. The summed E-state index contributed by atoms with van der Waals surface area (Å²) in [4.78, 5) is 11.1. The highest BCUT2D eigenvalue weighted by atomic mass is 19.4. The van der Waals surface area contributed by atoms with Crippen LogP contribution in [-0.2, 0) is 4.79 Å². The summed E-state index contributed by atoms with van der Waals surface area (Å²) in [7, 11) is 0. The average molecular weight is 243 g/mol. The van der Waals surface area contributed by atoms with E-state index < -0.39 is 18.2 Å². The van der Waals surface area contributed by atoms with E-state index in [0.29, 0.717) is 6.08 Å². The standard InChI is InChI=1S/C11H8F3NO2/c12-11(13,14)9-5-7(10(15)16)6-3-1-2-4-8(6)17-9/h1-5,9H,(H2,15,16). The smallest absolute Gasteiger partial charge is 0.429 e. The molecule has 17 heavy (non-hydrogen) atoms.